The van der Waals surface area contributed by atoms with Gasteiger partial charge in [0.25, 0.3) is 0 Å². The Hall–Kier alpha value is -1.64. The third kappa shape index (κ3) is 2.02. The topological polar surface area (TPSA) is 12.5 Å². The van der Waals surface area contributed by atoms with Crippen LogP contribution in [-0.4, -0.2) is 37.7 Å². The number of likely N-dealkylation sites (N-methyl/N-ethyl adjacent to an activating group) is 1. The van der Waals surface area contributed by atoms with Gasteiger partial charge >= 0.3 is 0 Å². The highest BCUT2D eigenvalue weighted by atomic mass is 16.5. The molecule has 0 aromatic heterocycles. The summed E-state index contributed by atoms with van der Waals surface area (Å²) < 4.78 is 6.00. The van der Waals surface area contributed by atoms with Crippen LogP contribution < -0.4 is 0 Å². The van der Waals surface area contributed by atoms with Gasteiger partial charge in [-0.25, -0.2) is 0 Å². The van der Waals surface area contributed by atoms with Gasteiger partial charge in [0.1, 0.15) is 0 Å². The average molecular weight is 307 g/mol. The molecule has 0 radical (unpaired) electrons. The quantitative estimate of drug-likeness (QED) is 0.728. The molecule has 1 aliphatic heterocycles. The second-order valence-electron chi connectivity index (χ2n) is 7.78. The normalized spacial score (nSPS) is 24.2. The minimum absolute atomic E-state index is 0.0733. The van der Waals surface area contributed by atoms with Crippen LogP contribution in [0.4, 0.5) is 0 Å². The fraction of sp³-hybridized carbons (Fsp3) is 0.429. The third-order valence-corrected chi connectivity index (χ3v) is 5.78. The van der Waals surface area contributed by atoms with Crippen LogP contribution in [0.15, 0.2) is 42.5 Å². The van der Waals surface area contributed by atoms with E-state index in [2.05, 4.69) is 75.3 Å². The fourth-order valence-electron chi connectivity index (χ4n) is 4.40. The Labute approximate surface area is 139 Å². The molecule has 1 fully saturated rings. The number of ether oxygens (including phenoxy) is 1. The summed E-state index contributed by atoms with van der Waals surface area (Å²) >= 11 is 0. The predicted molar refractivity (Wildman–Crippen MR) is 94.9 cm³/mol. The first-order valence-electron chi connectivity index (χ1n) is 8.44. The molecule has 2 aliphatic rings. The molecule has 2 aromatic carbocycles. The minimum atomic E-state index is -0.124. The van der Waals surface area contributed by atoms with Crippen molar-refractivity contribution < 1.29 is 4.74 Å². The Morgan fingerprint density at radius 2 is 1.74 bits per heavy atom. The predicted octanol–water partition coefficient (Wildman–Crippen LogP) is 3.87. The lowest BCUT2D eigenvalue weighted by Crippen LogP contribution is -2.66. The molecule has 1 aliphatic carbocycles. The van der Waals surface area contributed by atoms with Crippen LogP contribution in [-0.2, 0) is 16.6 Å². The van der Waals surface area contributed by atoms with E-state index in [1.54, 1.807) is 0 Å². The molecule has 1 atom stereocenters. The monoisotopic (exact) mass is 307 g/mol. The Bertz CT molecular complexity index is 762. The zero-order chi connectivity index (χ0) is 16.2. The molecule has 0 bridgehead atoms. The molecule has 4 rings (SSSR count). The standard InChI is InChI=1S/C21H25NO/c1-20(2)21(14-23-20,13-22(3)4)19-11-7-10-17-16-9-6-5-8-15(16)12-18(17)19/h5-11H,12-14H2,1-4H3. The molecule has 1 saturated heterocycles. The van der Waals surface area contributed by atoms with Crippen molar-refractivity contribution in [2.45, 2.75) is 31.3 Å². The van der Waals surface area contributed by atoms with E-state index in [1.807, 2.05) is 0 Å². The Morgan fingerprint density at radius 3 is 2.39 bits per heavy atom. The second-order valence-corrected chi connectivity index (χ2v) is 7.78. The molecule has 0 amide bonds. The highest BCUT2D eigenvalue weighted by Crippen LogP contribution is 2.51. The summed E-state index contributed by atoms with van der Waals surface area (Å²) in [6.45, 7) is 6.31. The van der Waals surface area contributed by atoms with Gasteiger partial charge in [0, 0.05) is 6.54 Å². The molecule has 0 N–H and O–H groups in total. The average Bonchev–Trinajstić information content (AvgIpc) is 2.90. The van der Waals surface area contributed by atoms with Crippen LogP contribution >= 0.6 is 0 Å². The zero-order valence-corrected chi connectivity index (χ0v) is 14.5. The maximum Gasteiger partial charge on any atom is 0.0757 e. The maximum atomic E-state index is 6.00. The van der Waals surface area contributed by atoms with Gasteiger partial charge in [0.05, 0.1) is 17.6 Å². The van der Waals surface area contributed by atoms with Gasteiger partial charge in [-0.1, -0.05) is 42.5 Å². The Morgan fingerprint density at radius 1 is 1.00 bits per heavy atom. The molecule has 23 heavy (non-hydrogen) atoms. The summed E-state index contributed by atoms with van der Waals surface area (Å²) in [5, 5.41) is 0. The summed E-state index contributed by atoms with van der Waals surface area (Å²) in [5.41, 5.74) is 7.21. The van der Waals surface area contributed by atoms with E-state index in [0.29, 0.717) is 0 Å². The first-order chi connectivity index (χ1) is 10.9. The summed E-state index contributed by atoms with van der Waals surface area (Å²) in [5.74, 6) is 0. The van der Waals surface area contributed by atoms with Gasteiger partial charge in [-0.15, -0.1) is 0 Å². The number of benzene rings is 2. The Kier molecular flexibility index (Phi) is 3.20. The molecule has 0 saturated carbocycles. The number of hydrogen-bond acceptors (Lipinski definition) is 2. The van der Waals surface area contributed by atoms with E-state index in [-0.39, 0.29) is 11.0 Å². The molecule has 0 spiro atoms. The SMILES string of the molecule is CN(C)CC1(c2cccc3c2Cc2ccccc2-3)COC1(C)C. The largest absolute Gasteiger partial charge is 0.373 e. The first-order valence-corrected chi connectivity index (χ1v) is 8.44. The highest BCUT2D eigenvalue weighted by molar-refractivity contribution is 5.78. The third-order valence-electron chi connectivity index (χ3n) is 5.78. The van der Waals surface area contributed by atoms with E-state index >= 15 is 0 Å². The maximum absolute atomic E-state index is 6.00. The molecular formula is C21H25NO. The van der Waals surface area contributed by atoms with Gasteiger partial charge < -0.3 is 9.64 Å². The number of hydrogen-bond donors (Lipinski definition) is 0. The summed E-state index contributed by atoms with van der Waals surface area (Å²) in [6, 6.07) is 15.6. The molecule has 1 unspecified atom stereocenters. The van der Waals surface area contributed by atoms with Crippen molar-refractivity contribution in [1.82, 2.24) is 4.90 Å². The number of rotatable bonds is 3. The Balaban J connectivity index is 1.88. The van der Waals surface area contributed by atoms with E-state index in [9.17, 15) is 0 Å². The zero-order valence-electron chi connectivity index (χ0n) is 14.5. The summed E-state index contributed by atoms with van der Waals surface area (Å²) in [4.78, 5) is 2.30. The van der Waals surface area contributed by atoms with Crippen molar-refractivity contribution in [3.63, 3.8) is 0 Å². The van der Waals surface area contributed by atoms with Crippen LogP contribution in [0.3, 0.4) is 0 Å². The van der Waals surface area contributed by atoms with Crippen molar-refractivity contribution in [3.05, 3.63) is 59.2 Å². The van der Waals surface area contributed by atoms with Gasteiger partial charge in [-0.2, -0.15) is 0 Å². The van der Waals surface area contributed by atoms with Crippen LogP contribution in [0.25, 0.3) is 11.1 Å². The molecule has 1 heterocycles. The van der Waals surface area contributed by atoms with E-state index in [0.717, 1.165) is 19.6 Å². The van der Waals surface area contributed by atoms with Crippen molar-refractivity contribution in [3.8, 4) is 11.1 Å². The van der Waals surface area contributed by atoms with Crippen molar-refractivity contribution in [1.29, 1.82) is 0 Å². The lowest BCUT2D eigenvalue weighted by Gasteiger charge is -2.57. The van der Waals surface area contributed by atoms with Crippen LogP contribution in [0.1, 0.15) is 30.5 Å². The molecule has 120 valence electrons. The molecular weight excluding hydrogens is 282 g/mol. The van der Waals surface area contributed by atoms with Gasteiger partial charge in [0.15, 0.2) is 0 Å². The van der Waals surface area contributed by atoms with Crippen molar-refractivity contribution >= 4 is 0 Å². The first kappa shape index (κ1) is 14.9. The van der Waals surface area contributed by atoms with Gasteiger partial charge in [-0.05, 0) is 62.2 Å². The van der Waals surface area contributed by atoms with E-state index < -0.39 is 0 Å². The van der Waals surface area contributed by atoms with Gasteiger partial charge in [-0.3, -0.25) is 0 Å². The van der Waals surface area contributed by atoms with Gasteiger partial charge in [0.2, 0.25) is 0 Å². The van der Waals surface area contributed by atoms with Crippen LogP contribution in [0.5, 0.6) is 0 Å². The van der Waals surface area contributed by atoms with Crippen molar-refractivity contribution in [2.75, 3.05) is 27.2 Å². The van der Waals surface area contributed by atoms with Crippen LogP contribution in [0, 0.1) is 0 Å². The van der Waals surface area contributed by atoms with E-state index in [4.69, 9.17) is 4.74 Å². The fourth-order valence-corrected chi connectivity index (χ4v) is 4.40. The van der Waals surface area contributed by atoms with Crippen molar-refractivity contribution in [2.24, 2.45) is 0 Å². The lowest BCUT2D eigenvalue weighted by atomic mass is 9.63. The molecule has 2 heteroatoms. The van der Waals surface area contributed by atoms with E-state index in [1.165, 1.54) is 27.8 Å². The molecule has 2 nitrogen and oxygen atoms in total. The smallest absolute Gasteiger partial charge is 0.0757 e. The summed E-state index contributed by atoms with van der Waals surface area (Å²) in [6.07, 6.45) is 1.05. The highest BCUT2D eigenvalue weighted by Gasteiger charge is 2.57. The second kappa shape index (κ2) is 4.93. The van der Waals surface area contributed by atoms with Crippen LogP contribution in [0.2, 0.25) is 0 Å². The minimum Gasteiger partial charge on any atom is -0.373 e. The number of fused-ring (bicyclic) bond motifs is 3. The summed E-state index contributed by atoms with van der Waals surface area (Å²) in [7, 11) is 4.32. The molecule has 2 aromatic rings. The number of nitrogens with zero attached hydrogens (tertiary/aromatic N) is 1. The lowest BCUT2D eigenvalue weighted by molar-refractivity contribution is -0.208.